The molecule has 4 rings (SSSR count). The molecule has 0 bridgehead atoms. The van der Waals surface area contributed by atoms with E-state index in [0.717, 1.165) is 5.69 Å². The van der Waals surface area contributed by atoms with Crippen molar-refractivity contribution in [1.82, 2.24) is 0 Å². The number of allylic oxidation sites excluding steroid dienone is 3. The van der Waals surface area contributed by atoms with E-state index in [1.165, 1.54) is 36.8 Å². The highest BCUT2D eigenvalue weighted by atomic mass is 32.2. The maximum Gasteiger partial charge on any atom is 0.175 e. The molecule has 3 aromatic rings. The standard InChI is InChI=1S/C23H20N2S/c1-17-10-13-19(14-11-17)24-16-6-5-9-22-25(2)23-20-8-4-3-7-18(20)12-15-21(23)26-22/h3-16H,1-2H3/p+1. The first-order chi connectivity index (χ1) is 12.7. The van der Waals surface area contributed by atoms with Crippen LogP contribution in [0.25, 0.3) is 10.8 Å². The van der Waals surface area contributed by atoms with E-state index in [1.54, 1.807) is 0 Å². The van der Waals surface area contributed by atoms with Gasteiger partial charge in [-0.05, 0) is 54.4 Å². The van der Waals surface area contributed by atoms with Crippen molar-refractivity contribution in [1.29, 1.82) is 0 Å². The minimum Gasteiger partial charge on any atom is -0.265 e. The maximum atomic E-state index is 4.46. The molecule has 0 fully saturated rings. The van der Waals surface area contributed by atoms with E-state index in [-0.39, 0.29) is 0 Å². The van der Waals surface area contributed by atoms with Crippen LogP contribution in [0.1, 0.15) is 5.56 Å². The molecule has 0 saturated heterocycles. The summed E-state index contributed by atoms with van der Waals surface area (Å²) in [7, 11) is 2.21. The van der Waals surface area contributed by atoms with Crippen molar-refractivity contribution in [3.63, 3.8) is 0 Å². The Morgan fingerprint density at radius 1 is 0.923 bits per heavy atom. The zero-order valence-electron chi connectivity index (χ0n) is 14.9. The van der Waals surface area contributed by atoms with Crippen LogP contribution in [0.2, 0.25) is 0 Å². The number of aliphatic imine (C=N–C) groups is 1. The number of nitrogens with zero attached hydrogens (tertiary/aromatic N) is 1. The fourth-order valence-corrected chi connectivity index (χ4v) is 4.29. The Labute approximate surface area is 158 Å². The van der Waals surface area contributed by atoms with Crippen molar-refractivity contribution in [2.75, 3.05) is 7.05 Å². The predicted molar refractivity (Wildman–Crippen MR) is 113 cm³/mol. The van der Waals surface area contributed by atoms with E-state index in [2.05, 4.69) is 79.6 Å². The van der Waals surface area contributed by atoms with Gasteiger partial charge in [0.15, 0.2) is 10.7 Å². The molecule has 1 heterocycles. The first kappa shape index (κ1) is 16.8. The molecular weight excluding hydrogens is 336 g/mol. The highest BCUT2D eigenvalue weighted by Gasteiger charge is 2.29. The first-order valence-electron chi connectivity index (χ1n) is 8.74. The third-order valence-electron chi connectivity index (χ3n) is 4.56. The van der Waals surface area contributed by atoms with Gasteiger partial charge in [0.2, 0.25) is 0 Å². The molecule has 3 aromatic carbocycles. The van der Waals surface area contributed by atoms with Gasteiger partial charge in [0.05, 0.1) is 17.6 Å². The average molecular weight is 358 g/mol. The van der Waals surface area contributed by atoms with Crippen molar-refractivity contribution >= 4 is 40.1 Å². The zero-order chi connectivity index (χ0) is 17.9. The van der Waals surface area contributed by atoms with Crippen molar-refractivity contribution in [3.05, 3.63) is 89.5 Å². The van der Waals surface area contributed by atoms with E-state index in [9.17, 15) is 0 Å². The van der Waals surface area contributed by atoms with Crippen LogP contribution in [0.3, 0.4) is 0 Å². The van der Waals surface area contributed by atoms with E-state index in [0.29, 0.717) is 0 Å². The molecule has 128 valence electrons. The number of aryl methyl sites for hydroxylation is 1. The predicted octanol–water partition coefficient (Wildman–Crippen LogP) is 5.20. The van der Waals surface area contributed by atoms with Gasteiger partial charge in [0.1, 0.15) is 0 Å². The number of rotatable bonds is 3. The number of hydrogen-bond donors (Lipinski definition) is 1. The zero-order valence-corrected chi connectivity index (χ0v) is 15.8. The van der Waals surface area contributed by atoms with Crippen LogP contribution in [0.5, 0.6) is 0 Å². The van der Waals surface area contributed by atoms with Crippen LogP contribution in [0, 0.1) is 6.92 Å². The SMILES string of the molecule is Cc1ccc(N=CC=CC=C2Sc3ccc4ccccc4c3[NH+]2C)cc1. The summed E-state index contributed by atoms with van der Waals surface area (Å²) in [4.78, 5) is 7.15. The summed E-state index contributed by atoms with van der Waals surface area (Å²) in [6.07, 6.45) is 8.08. The molecule has 0 radical (unpaired) electrons. The lowest BCUT2D eigenvalue weighted by Crippen LogP contribution is -3.00. The van der Waals surface area contributed by atoms with Gasteiger partial charge in [0, 0.05) is 17.7 Å². The van der Waals surface area contributed by atoms with Crippen LogP contribution in [0.4, 0.5) is 11.4 Å². The molecular formula is C23H21N2S+. The van der Waals surface area contributed by atoms with Crippen LogP contribution < -0.4 is 4.90 Å². The summed E-state index contributed by atoms with van der Waals surface area (Å²) < 4.78 is 0. The van der Waals surface area contributed by atoms with Crippen molar-refractivity contribution in [3.8, 4) is 0 Å². The van der Waals surface area contributed by atoms with Crippen LogP contribution in [0.15, 0.2) is 93.8 Å². The molecule has 1 unspecified atom stereocenters. The summed E-state index contributed by atoms with van der Waals surface area (Å²) in [6.45, 7) is 2.08. The summed E-state index contributed by atoms with van der Waals surface area (Å²) >= 11 is 1.84. The Hall–Kier alpha value is -2.62. The maximum absolute atomic E-state index is 4.46. The quantitative estimate of drug-likeness (QED) is 0.638. The molecule has 0 spiro atoms. The molecule has 1 aliphatic rings. The second-order valence-corrected chi connectivity index (χ2v) is 7.50. The normalized spacial score (nSPS) is 18.4. The minimum atomic E-state index is 0.977. The Bertz CT molecular complexity index is 1030. The van der Waals surface area contributed by atoms with E-state index in [1.807, 2.05) is 36.2 Å². The van der Waals surface area contributed by atoms with Crippen LogP contribution in [-0.4, -0.2) is 13.3 Å². The number of fused-ring (bicyclic) bond motifs is 3. The van der Waals surface area contributed by atoms with Crippen molar-refractivity contribution in [2.24, 2.45) is 4.99 Å². The molecule has 26 heavy (non-hydrogen) atoms. The molecule has 1 N–H and O–H groups in total. The van der Waals surface area contributed by atoms with Gasteiger partial charge >= 0.3 is 0 Å². The highest BCUT2D eigenvalue weighted by Crippen LogP contribution is 2.39. The second kappa shape index (κ2) is 7.32. The van der Waals surface area contributed by atoms with Gasteiger partial charge < -0.3 is 0 Å². The third-order valence-corrected chi connectivity index (χ3v) is 5.78. The molecule has 0 saturated carbocycles. The Morgan fingerprint density at radius 3 is 2.58 bits per heavy atom. The second-order valence-electron chi connectivity index (χ2n) is 6.42. The lowest BCUT2D eigenvalue weighted by Gasteiger charge is -2.09. The van der Waals surface area contributed by atoms with Crippen LogP contribution >= 0.6 is 11.8 Å². The van der Waals surface area contributed by atoms with Gasteiger partial charge in [-0.2, -0.15) is 0 Å². The molecule has 0 aromatic heterocycles. The topological polar surface area (TPSA) is 16.8 Å². The summed E-state index contributed by atoms with van der Waals surface area (Å²) in [6, 6.07) is 21.3. The van der Waals surface area contributed by atoms with E-state index in [4.69, 9.17) is 0 Å². The first-order valence-corrected chi connectivity index (χ1v) is 9.55. The monoisotopic (exact) mass is 357 g/mol. The van der Waals surface area contributed by atoms with Gasteiger partial charge in [0.25, 0.3) is 0 Å². The number of quaternary nitrogens is 1. The highest BCUT2D eigenvalue weighted by molar-refractivity contribution is 8.03. The van der Waals surface area contributed by atoms with Crippen molar-refractivity contribution < 1.29 is 4.90 Å². The Kier molecular flexibility index (Phi) is 4.74. The number of thioether (sulfide) groups is 1. The Balaban J connectivity index is 1.51. The summed E-state index contributed by atoms with van der Waals surface area (Å²) in [5.74, 6) is 0. The molecule has 1 aliphatic heterocycles. The number of benzene rings is 3. The van der Waals surface area contributed by atoms with Gasteiger partial charge in [-0.15, -0.1) is 0 Å². The smallest absolute Gasteiger partial charge is 0.175 e. The van der Waals surface area contributed by atoms with Crippen molar-refractivity contribution in [2.45, 2.75) is 11.8 Å². The number of nitrogens with one attached hydrogen (secondary N) is 1. The minimum absolute atomic E-state index is 0.977. The largest absolute Gasteiger partial charge is 0.265 e. The number of hydrogen-bond acceptors (Lipinski definition) is 2. The van der Waals surface area contributed by atoms with Gasteiger partial charge in [-0.1, -0.05) is 48.0 Å². The molecule has 0 amide bonds. The fourth-order valence-electron chi connectivity index (χ4n) is 3.15. The molecule has 2 nitrogen and oxygen atoms in total. The van der Waals surface area contributed by atoms with E-state index < -0.39 is 0 Å². The third kappa shape index (κ3) is 3.36. The molecule has 1 atom stereocenters. The van der Waals surface area contributed by atoms with Crippen LogP contribution in [-0.2, 0) is 0 Å². The van der Waals surface area contributed by atoms with E-state index >= 15 is 0 Å². The lowest BCUT2D eigenvalue weighted by molar-refractivity contribution is -0.754. The summed E-state index contributed by atoms with van der Waals surface area (Å²) in [5, 5.41) is 3.94. The lowest BCUT2D eigenvalue weighted by atomic mass is 10.1. The molecule has 3 heteroatoms. The Morgan fingerprint density at radius 2 is 1.73 bits per heavy atom. The molecule has 0 aliphatic carbocycles. The van der Waals surface area contributed by atoms with Gasteiger partial charge in [-0.25, -0.2) is 0 Å². The van der Waals surface area contributed by atoms with Gasteiger partial charge in [-0.3, -0.25) is 9.89 Å². The fraction of sp³-hybridized carbons (Fsp3) is 0.0870. The summed E-state index contributed by atoms with van der Waals surface area (Å²) in [5.41, 5.74) is 3.60. The average Bonchev–Trinajstić information content (AvgIpc) is 2.99.